The number of hydrogen-bond donors (Lipinski definition) is 2. The van der Waals surface area contributed by atoms with Crippen LogP contribution in [0, 0.1) is 5.92 Å². The number of hydrogen-bond acceptors (Lipinski definition) is 4. The number of nitrogens with one attached hydrogen (secondary N) is 1. The summed E-state index contributed by atoms with van der Waals surface area (Å²) in [5.74, 6) is -2.17. The van der Waals surface area contributed by atoms with Crippen molar-refractivity contribution in [1.29, 1.82) is 0 Å². The van der Waals surface area contributed by atoms with Crippen molar-refractivity contribution in [3.63, 3.8) is 0 Å². The summed E-state index contributed by atoms with van der Waals surface area (Å²) in [4.78, 5) is 23.8. The van der Waals surface area contributed by atoms with E-state index in [1.54, 1.807) is 43.3 Å². The number of carboxylic acid groups (broad SMARTS) is 1. The highest BCUT2D eigenvalue weighted by atomic mass is 32.2. The summed E-state index contributed by atoms with van der Waals surface area (Å²) in [5, 5.41) is 11.8. The number of piperidine rings is 1. The van der Waals surface area contributed by atoms with E-state index in [0.29, 0.717) is 24.9 Å². The summed E-state index contributed by atoms with van der Waals surface area (Å²) in [7, 11) is -3.54. The van der Waals surface area contributed by atoms with Gasteiger partial charge in [0.05, 0.1) is 11.7 Å². The Kier molecular flexibility index (Phi) is 7.55. The molecule has 2 N–H and O–H groups in total. The predicted octanol–water partition coefficient (Wildman–Crippen LogP) is 1.76. The Balaban J connectivity index is 2.01. The molecule has 0 aliphatic carbocycles. The Labute approximate surface area is 160 Å². The average Bonchev–Trinajstić information content (AvgIpc) is 2.65. The molecule has 2 atom stereocenters. The van der Waals surface area contributed by atoms with Gasteiger partial charge in [0.15, 0.2) is 0 Å². The summed E-state index contributed by atoms with van der Waals surface area (Å²) >= 11 is 0. The maximum absolute atomic E-state index is 12.7. The molecule has 0 radical (unpaired) electrons. The van der Waals surface area contributed by atoms with E-state index in [4.69, 9.17) is 0 Å². The quantitative estimate of drug-likeness (QED) is 0.654. The third-order valence-electron chi connectivity index (χ3n) is 4.56. The van der Waals surface area contributed by atoms with Gasteiger partial charge in [-0.3, -0.25) is 4.79 Å². The van der Waals surface area contributed by atoms with Gasteiger partial charge >= 0.3 is 5.97 Å². The number of nitrogens with zero attached hydrogens (tertiary/aromatic N) is 1. The Hall–Kier alpha value is -2.19. The van der Waals surface area contributed by atoms with E-state index in [2.05, 4.69) is 5.32 Å². The number of rotatable bonds is 8. The van der Waals surface area contributed by atoms with Crippen LogP contribution in [0.4, 0.5) is 0 Å². The molecular weight excluding hydrogens is 368 g/mol. The summed E-state index contributed by atoms with van der Waals surface area (Å²) in [6.45, 7) is 2.23. The summed E-state index contributed by atoms with van der Waals surface area (Å²) in [6.07, 6.45) is 4.70. The number of carbonyl (C=O) groups excluding carboxylic acids is 1. The molecule has 1 aliphatic heterocycles. The molecule has 27 heavy (non-hydrogen) atoms. The largest absolute Gasteiger partial charge is 0.480 e. The van der Waals surface area contributed by atoms with Crippen LogP contribution < -0.4 is 5.32 Å². The van der Waals surface area contributed by atoms with Crippen LogP contribution in [0.1, 0.15) is 31.7 Å². The second-order valence-electron chi connectivity index (χ2n) is 6.64. The molecule has 1 aromatic carbocycles. The number of carboxylic acids is 1. The molecule has 0 saturated carbocycles. The van der Waals surface area contributed by atoms with Gasteiger partial charge in [-0.05, 0) is 31.7 Å². The van der Waals surface area contributed by atoms with E-state index in [1.807, 2.05) is 6.07 Å². The highest BCUT2D eigenvalue weighted by molar-refractivity contribution is 7.88. The molecule has 1 aliphatic rings. The lowest BCUT2D eigenvalue weighted by molar-refractivity contribution is -0.142. The van der Waals surface area contributed by atoms with Crippen molar-refractivity contribution in [3.8, 4) is 0 Å². The highest BCUT2D eigenvalue weighted by Gasteiger charge is 2.33. The molecule has 1 heterocycles. The van der Waals surface area contributed by atoms with Crippen molar-refractivity contribution in [2.45, 2.75) is 38.0 Å². The van der Waals surface area contributed by atoms with Gasteiger partial charge in [-0.1, -0.05) is 42.5 Å². The fourth-order valence-electron chi connectivity index (χ4n) is 3.07. The monoisotopic (exact) mass is 394 g/mol. The minimum Gasteiger partial charge on any atom is -0.480 e. The van der Waals surface area contributed by atoms with Crippen LogP contribution in [0.3, 0.4) is 0 Å². The van der Waals surface area contributed by atoms with Crippen LogP contribution in [0.5, 0.6) is 0 Å². The highest BCUT2D eigenvalue weighted by Crippen LogP contribution is 2.22. The number of sulfonamides is 1. The zero-order valence-corrected chi connectivity index (χ0v) is 16.2. The van der Waals surface area contributed by atoms with Gasteiger partial charge in [-0.2, -0.15) is 0 Å². The lowest BCUT2D eigenvalue weighted by Crippen LogP contribution is -2.49. The summed E-state index contributed by atoms with van der Waals surface area (Å²) < 4.78 is 26.7. The lowest BCUT2D eigenvalue weighted by Gasteiger charge is -2.31. The molecule has 0 bridgehead atoms. The summed E-state index contributed by atoms with van der Waals surface area (Å²) in [5.41, 5.74) is 0.696. The van der Waals surface area contributed by atoms with Crippen LogP contribution >= 0.6 is 0 Å². The van der Waals surface area contributed by atoms with Crippen molar-refractivity contribution in [2.24, 2.45) is 5.92 Å². The van der Waals surface area contributed by atoms with Crippen molar-refractivity contribution < 1.29 is 23.1 Å². The van der Waals surface area contributed by atoms with E-state index in [-0.39, 0.29) is 18.7 Å². The molecular formula is C19H26N2O5S. The van der Waals surface area contributed by atoms with Gasteiger partial charge in [0.2, 0.25) is 15.9 Å². The Bertz CT molecular complexity index is 777. The molecule has 1 fully saturated rings. The zero-order valence-electron chi connectivity index (χ0n) is 15.4. The fourth-order valence-corrected chi connectivity index (χ4v) is 4.68. The molecule has 1 saturated heterocycles. The maximum Gasteiger partial charge on any atom is 0.326 e. The first-order chi connectivity index (χ1) is 12.8. The number of amides is 1. The third-order valence-corrected chi connectivity index (χ3v) is 6.38. The van der Waals surface area contributed by atoms with Gasteiger partial charge in [-0.25, -0.2) is 17.5 Å². The van der Waals surface area contributed by atoms with Crippen LogP contribution in [-0.2, 0) is 25.4 Å². The molecule has 8 heteroatoms. The number of aliphatic carboxylic acids is 1. The minimum absolute atomic E-state index is 0.0803. The first kappa shape index (κ1) is 21.1. The summed E-state index contributed by atoms with van der Waals surface area (Å²) in [6, 6.07) is 7.89. The van der Waals surface area contributed by atoms with Crippen molar-refractivity contribution in [1.82, 2.24) is 9.62 Å². The van der Waals surface area contributed by atoms with Crippen LogP contribution in [0.25, 0.3) is 0 Å². The van der Waals surface area contributed by atoms with E-state index in [0.717, 1.165) is 0 Å². The van der Waals surface area contributed by atoms with Crippen molar-refractivity contribution in [3.05, 3.63) is 48.0 Å². The molecule has 1 aromatic rings. The molecule has 2 rings (SSSR count). The second-order valence-corrected chi connectivity index (χ2v) is 8.61. The normalized spacial score (nSPS) is 19.7. The smallest absolute Gasteiger partial charge is 0.326 e. The van der Waals surface area contributed by atoms with Crippen molar-refractivity contribution >= 4 is 21.9 Å². The Morgan fingerprint density at radius 1 is 1.33 bits per heavy atom. The topological polar surface area (TPSA) is 104 Å². The Morgan fingerprint density at radius 3 is 2.67 bits per heavy atom. The standard InChI is InChI=1S/C19H26N2O5S/c1-2-3-11-17(19(23)24)20-18(22)16-10-7-12-21(13-16)27(25,26)14-15-8-5-4-6-9-15/h2-6,8-9,16-17H,7,10-14H2,1H3,(H,20,22)(H,23,24)/b3-2+. The van der Waals surface area contributed by atoms with Gasteiger partial charge < -0.3 is 10.4 Å². The molecule has 0 spiro atoms. The SMILES string of the molecule is C/C=C/CC(NC(=O)C1CCCN(S(=O)(=O)Cc2ccccc2)C1)C(=O)O. The Morgan fingerprint density at radius 2 is 2.04 bits per heavy atom. The first-order valence-corrected chi connectivity index (χ1v) is 10.6. The fraction of sp³-hybridized carbons (Fsp3) is 0.474. The molecule has 0 aromatic heterocycles. The van der Waals surface area contributed by atoms with Crippen LogP contribution in [0.15, 0.2) is 42.5 Å². The van der Waals surface area contributed by atoms with E-state index < -0.39 is 33.9 Å². The van der Waals surface area contributed by atoms with Gasteiger partial charge in [0.1, 0.15) is 6.04 Å². The number of carbonyl (C=O) groups is 2. The van der Waals surface area contributed by atoms with E-state index in [9.17, 15) is 23.1 Å². The minimum atomic E-state index is -3.54. The van der Waals surface area contributed by atoms with Gasteiger partial charge in [0, 0.05) is 13.1 Å². The average molecular weight is 394 g/mol. The molecule has 148 valence electrons. The zero-order chi connectivity index (χ0) is 19.9. The molecule has 2 unspecified atom stereocenters. The number of allylic oxidation sites excluding steroid dienone is 1. The van der Waals surface area contributed by atoms with Crippen molar-refractivity contribution in [2.75, 3.05) is 13.1 Å². The second kappa shape index (κ2) is 9.66. The van der Waals surface area contributed by atoms with Gasteiger partial charge in [-0.15, -0.1) is 0 Å². The molecule has 1 amide bonds. The molecule has 7 nitrogen and oxygen atoms in total. The maximum atomic E-state index is 12.7. The van der Waals surface area contributed by atoms with Crippen LogP contribution in [0.2, 0.25) is 0 Å². The lowest BCUT2D eigenvalue weighted by atomic mass is 9.98. The van der Waals surface area contributed by atoms with Crippen LogP contribution in [-0.4, -0.2) is 48.8 Å². The number of benzene rings is 1. The van der Waals surface area contributed by atoms with E-state index >= 15 is 0 Å². The third kappa shape index (κ3) is 6.18. The predicted molar refractivity (Wildman–Crippen MR) is 102 cm³/mol. The van der Waals surface area contributed by atoms with E-state index in [1.165, 1.54) is 4.31 Å². The first-order valence-electron chi connectivity index (χ1n) is 8.99. The van der Waals surface area contributed by atoms with Gasteiger partial charge in [0.25, 0.3) is 0 Å².